The highest BCUT2D eigenvalue weighted by molar-refractivity contribution is 7.51. The third-order valence-corrected chi connectivity index (χ3v) is 3.57. The molecule has 0 spiro atoms. The Balaban J connectivity index is 2.16. The lowest BCUT2D eigenvalue weighted by Crippen LogP contribution is -2.36. The summed E-state index contributed by atoms with van der Waals surface area (Å²) in [5, 5.41) is 19.8. The van der Waals surface area contributed by atoms with Crippen molar-refractivity contribution in [3.8, 4) is 0 Å². The van der Waals surface area contributed by atoms with Crippen molar-refractivity contribution >= 4 is 13.4 Å². The van der Waals surface area contributed by atoms with Crippen LogP contribution in [0.3, 0.4) is 0 Å². The number of hydrogen-bond acceptors (Lipinski definition) is 8. The molecule has 0 aromatic carbocycles. The lowest BCUT2D eigenvalue weighted by atomic mass is 10.1. The van der Waals surface area contributed by atoms with Crippen molar-refractivity contribution in [1.82, 2.24) is 9.55 Å². The van der Waals surface area contributed by atoms with Gasteiger partial charge in [-0.25, -0.2) is 4.79 Å². The van der Waals surface area contributed by atoms with Crippen LogP contribution in [0.2, 0.25) is 0 Å². The number of nitrogens with zero attached hydrogens (tertiary/aromatic N) is 2. The minimum absolute atomic E-state index is 0.0105. The van der Waals surface area contributed by atoms with Crippen LogP contribution in [0.1, 0.15) is 6.23 Å². The number of aromatic nitrogens is 2. The summed E-state index contributed by atoms with van der Waals surface area (Å²) in [5.74, 6) is 0.0105. The number of anilines is 1. The summed E-state index contributed by atoms with van der Waals surface area (Å²) in [5.41, 5.74) is 4.60. The van der Waals surface area contributed by atoms with Crippen LogP contribution >= 0.6 is 7.60 Å². The molecule has 1 saturated heterocycles. The van der Waals surface area contributed by atoms with E-state index in [2.05, 4.69) is 9.51 Å². The molecule has 11 heteroatoms. The summed E-state index contributed by atoms with van der Waals surface area (Å²) in [6.07, 6.45) is -3.78. The Morgan fingerprint density at radius 2 is 2.19 bits per heavy atom. The Labute approximate surface area is 119 Å². The molecule has 118 valence electrons. The molecule has 21 heavy (non-hydrogen) atoms. The van der Waals surface area contributed by atoms with E-state index in [1.54, 1.807) is 0 Å². The van der Waals surface area contributed by atoms with E-state index in [9.17, 15) is 19.6 Å². The van der Waals surface area contributed by atoms with Crippen LogP contribution < -0.4 is 11.4 Å². The fraction of sp³-hybridized carbons (Fsp3) is 0.600. The molecule has 2 rings (SSSR count). The molecule has 5 N–H and O–H groups in total. The molecule has 1 aliphatic rings. The van der Waals surface area contributed by atoms with Gasteiger partial charge in [0.1, 0.15) is 24.1 Å². The normalized spacial score (nSPS) is 32.0. The van der Waals surface area contributed by atoms with Gasteiger partial charge in [-0.1, -0.05) is 0 Å². The summed E-state index contributed by atoms with van der Waals surface area (Å²) >= 11 is 0. The number of rotatable bonds is 4. The Bertz CT molecular complexity index is 615. The number of aliphatic hydroxyl groups excluding tert-OH is 2. The molecule has 5 atom stereocenters. The molecule has 0 bridgehead atoms. The number of nitrogen functional groups attached to an aromatic ring is 1. The average Bonchev–Trinajstić information content (AvgIpc) is 2.64. The minimum Gasteiger partial charge on any atom is -0.387 e. The van der Waals surface area contributed by atoms with Gasteiger partial charge in [0.2, 0.25) is 0 Å². The van der Waals surface area contributed by atoms with E-state index in [1.807, 2.05) is 0 Å². The van der Waals surface area contributed by atoms with Crippen LogP contribution in [-0.2, 0) is 13.8 Å². The Kier molecular flexibility index (Phi) is 4.47. The number of aliphatic hydroxyl groups is 2. The van der Waals surface area contributed by atoms with Gasteiger partial charge in [0.15, 0.2) is 6.23 Å². The maximum absolute atomic E-state index is 11.7. The van der Waals surface area contributed by atoms with Crippen LogP contribution in [-0.4, -0.2) is 56.2 Å². The van der Waals surface area contributed by atoms with Gasteiger partial charge in [-0.15, -0.1) is 0 Å². The van der Waals surface area contributed by atoms with Crippen LogP contribution in [0.25, 0.3) is 0 Å². The highest BCUT2D eigenvalue weighted by atomic mass is 31.2. The van der Waals surface area contributed by atoms with Crippen LogP contribution in [0.4, 0.5) is 5.82 Å². The van der Waals surface area contributed by atoms with Gasteiger partial charge >= 0.3 is 13.3 Å². The molecule has 1 aromatic rings. The van der Waals surface area contributed by atoms with Crippen molar-refractivity contribution in [3.05, 3.63) is 22.7 Å². The Hall–Kier alpha value is -1.29. The monoisotopic (exact) mass is 321 g/mol. The average molecular weight is 321 g/mol. The second-order valence-electron chi connectivity index (χ2n) is 4.69. The van der Waals surface area contributed by atoms with Crippen molar-refractivity contribution in [2.45, 2.75) is 24.5 Å². The van der Waals surface area contributed by atoms with Crippen molar-refractivity contribution in [2.24, 2.45) is 0 Å². The first-order valence-corrected chi connectivity index (χ1v) is 8.02. The molecular formula is C10H16N3O7P. The van der Waals surface area contributed by atoms with E-state index in [0.717, 1.165) is 11.2 Å². The quantitative estimate of drug-likeness (QED) is 0.473. The molecule has 0 aliphatic carbocycles. The summed E-state index contributed by atoms with van der Waals surface area (Å²) in [4.78, 5) is 24.2. The maximum Gasteiger partial charge on any atom is 0.351 e. The summed E-state index contributed by atoms with van der Waals surface area (Å²) < 4.78 is 22.0. The third-order valence-electron chi connectivity index (χ3n) is 2.94. The van der Waals surface area contributed by atoms with Gasteiger partial charge in [0.25, 0.3) is 0 Å². The lowest BCUT2D eigenvalue weighted by Gasteiger charge is -2.17. The molecule has 2 heterocycles. The Morgan fingerprint density at radius 1 is 1.52 bits per heavy atom. The summed E-state index contributed by atoms with van der Waals surface area (Å²) in [6.45, 7) is 0.576. The van der Waals surface area contributed by atoms with Crippen LogP contribution in [0.15, 0.2) is 17.1 Å². The van der Waals surface area contributed by atoms with Gasteiger partial charge in [0.05, 0.1) is 6.61 Å². The van der Waals surface area contributed by atoms with E-state index < -0.39 is 44.4 Å². The first-order valence-electron chi connectivity index (χ1n) is 6.00. The van der Waals surface area contributed by atoms with E-state index in [-0.39, 0.29) is 5.82 Å². The molecule has 0 radical (unpaired) electrons. The Morgan fingerprint density at radius 3 is 2.76 bits per heavy atom. The summed E-state index contributed by atoms with van der Waals surface area (Å²) in [7, 11) is -3.74. The highest BCUT2D eigenvalue weighted by Gasteiger charge is 2.44. The molecule has 1 aliphatic heterocycles. The van der Waals surface area contributed by atoms with E-state index in [4.69, 9.17) is 15.4 Å². The fourth-order valence-electron chi connectivity index (χ4n) is 1.93. The molecule has 0 saturated carbocycles. The molecule has 0 amide bonds. The van der Waals surface area contributed by atoms with E-state index in [1.165, 1.54) is 12.3 Å². The van der Waals surface area contributed by atoms with Gasteiger partial charge in [-0.05, 0) is 6.07 Å². The molecular weight excluding hydrogens is 305 g/mol. The second kappa shape index (κ2) is 5.84. The zero-order chi connectivity index (χ0) is 15.8. The smallest absolute Gasteiger partial charge is 0.351 e. The van der Waals surface area contributed by atoms with E-state index in [0.29, 0.717) is 0 Å². The van der Waals surface area contributed by atoms with Crippen molar-refractivity contribution in [1.29, 1.82) is 0 Å². The van der Waals surface area contributed by atoms with Gasteiger partial charge < -0.3 is 30.1 Å². The number of hydrogen-bond donors (Lipinski definition) is 4. The lowest BCUT2D eigenvalue weighted by molar-refractivity contribution is -0.0523. The SMILES string of the molecule is CP(=O)(O)OC[C@H]1O[C@@H](n2ccc(N)nc2=O)C(O)[C@H]1O. The predicted octanol–water partition coefficient (Wildman–Crippen LogP) is -1.72. The summed E-state index contributed by atoms with van der Waals surface area (Å²) in [6, 6.07) is 1.33. The van der Waals surface area contributed by atoms with Crippen LogP contribution in [0.5, 0.6) is 0 Å². The highest BCUT2D eigenvalue weighted by Crippen LogP contribution is 2.38. The van der Waals surface area contributed by atoms with Crippen molar-refractivity contribution < 1.29 is 28.9 Å². The topological polar surface area (TPSA) is 157 Å². The van der Waals surface area contributed by atoms with Crippen molar-refractivity contribution in [2.75, 3.05) is 19.0 Å². The number of nitrogens with two attached hydrogens (primary N) is 1. The standard InChI is InChI=1S/C10H16N3O7P/c1-21(17,18)19-4-5-7(14)8(15)9(20-5)13-3-2-6(11)12-10(13)16/h2-3,5,7-9,14-15H,4H2,1H3,(H,17,18)(H2,11,12,16)/t5-,7+,8?,9-/m1/s1. The molecule has 10 nitrogen and oxygen atoms in total. The predicted molar refractivity (Wildman–Crippen MR) is 70.5 cm³/mol. The first kappa shape index (κ1) is 16.1. The van der Waals surface area contributed by atoms with Crippen LogP contribution in [0, 0.1) is 0 Å². The second-order valence-corrected chi connectivity index (χ2v) is 6.55. The van der Waals surface area contributed by atoms with Gasteiger partial charge in [-0.2, -0.15) is 4.98 Å². The maximum atomic E-state index is 11.7. The zero-order valence-corrected chi connectivity index (χ0v) is 12.0. The largest absolute Gasteiger partial charge is 0.387 e. The van der Waals surface area contributed by atoms with Gasteiger partial charge in [-0.3, -0.25) is 9.13 Å². The molecule has 1 fully saturated rings. The van der Waals surface area contributed by atoms with Gasteiger partial charge in [0, 0.05) is 12.9 Å². The molecule has 1 aromatic heterocycles. The first-order chi connectivity index (χ1) is 9.69. The third kappa shape index (κ3) is 3.67. The molecule has 2 unspecified atom stereocenters. The van der Waals surface area contributed by atoms with E-state index >= 15 is 0 Å². The number of ether oxygens (including phenoxy) is 1. The zero-order valence-electron chi connectivity index (χ0n) is 11.1. The fourth-order valence-corrected chi connectivity index (χ4v) is 2.35. The van der Waals surface area contributed by atoms with Crippen molar-refractivity contribution in [3.63, 3.8) is 0 Å². The minimum atomic E-state index is -3.74.